The van der Waals surface area contributed by atoms with Crippen LogP contribution in [0.3, 0.4) is 0 Å². The summed E-state index contributed by atoms with van der Waals surface area (Å²) < 4.78 is 43.6. The summed E-state index contributed by atoms with van der Waals surface area (Å²) in [6.07, 6.45) is -3.41. The van der Waals surface area contributed by atoms with Gasteiger partial charge in [-0.25, -0.2) is 4.98 Å². The first-order valence-corrected chi connectivity index (χ1v) is 8.53. The van der Waals surface area contributed by atoms with E-state index in [1.54, 1.807) is 11.0 Å². The van der Waals surface area contributed by atoms with Crippen LogP contribution in [0.4, 0.5) is 19.0 Å². The van der Waals surface area contributed by atoms with E-state index in [4.69, 9.17) is 4.42 Å². The number of nitrogens with zero attached hydrogens (tertiary/aromatic N) is 2. The van der Waals surface area contributed by atoms with Crippen LogP contribution in [-0.2, 0) is 6.18 Å². The minimum atomic E-state index is -4.37. The lowest BCUT2D eigenvalue weighted by Gasteiger charge is -2.30. The zero-order chi connectivity index (χ0) is 19.0. The molecular formula is C19H17F3N3O2+. The topological polar surface area (TPSA) is 50.8 Å². The van der Waals surface area contributed by atoms with Gasteiger partial charge in [-0.3, -0.25) is 9.69 Å². The zero-order valence-electron chi connectivity index (χ0n) is 14.3. The number of piperazine rings is 1. The van der Waals surface area contributed by atoms with E-state index in [0.29, 0.717) is 43.3 Å². The number of hydrogen-bond acceptors (Lipinski definition) is 3. The molecule has 140 valence electrons. The van der Waals surface area contributed by atoms with Crippen LogP contribution in [0.1, 0.15) is 16.1 Å². The second-order valence-corrected chi connectivity index (χ2v) is 6.39. The summed E-state index contributed by atoms with van der Waals surface area (Å²) in [5, 5.41) is 0.874. The van der Waals surface area contributed by atoms with E-state index >= 15 is 0 Å². The zero-order valence-corrected chi connectivity index (χ0v) is 14.3. The Morgan fingerprint density at radius 1 is 1.04 bits per heavy atom. The van der Waals surface area contributed by atoms with Crippen molar-refractivity contribution in [1.29, 1.82) is 0 Å². The van der Waals surface area contributed by atoms with Gasteiger partial charge in [0.25, 0.3) is 11.7 Å². The van der Waals surface area contributed by atoms with Crippen LogP contribution in [0.5, 0.6) is 0 Å². The molecule has 5 nitrogen and oxygen atoms in total. The number of hydrogen-bond donors (Lipinski definition) is 0. The molecule has 4 rings (SSSR count). The van der Waals surface area contributed by atoms with Crippen LogP contribution in [0.25, 0.3) is 11.0 Å². The Morgan fingerprint density at radius 3 is 2.41 bits per heavy atom. The average Bonchev–Trinajstić information content (AvgIpc) is 3.11. The molecular weight excluding hydrogens is 359 g/mol. The fourth-order valence-electron chi connectivity index (χ4n) is 3.18. The summed E-state index contributed by atoms with van der Waals surface area (Å²) in [6.45, 7) is 1.97. The van der Waals surface area contributed by atoms with Gasteiger partial charge in [-0.15, -0.1) is 0 Å². The lowest BCUT2D eigenvalue weighted by atomic mass is 10.2. The number of rotatable bonds is 2. The highest BCUT2D eigenvalue weighted by atomic mass is 19.4. The molecule has 0 unspecified atom stereocenters. The number of para-hydroxylation sites is 1. The summed E-state index contributed by atoms with van der Waals surface area (Å²) >= 11 is 0. The summed E-state index contributed by atoms with van der Waals surface area (Å²) in [6, 6.07) is 11.6. The standard InChI is InChI=1S/C19H16F3N3O2/c20-19(21,22)14-5-6-17(23-12-14)24-7-9-25(10-8-24)18(26)16-11-13-3-1-2-4-15(13)27-16/h1-6,11-12H,7-10H2/p+1. The number of nitrogens with one attached hydrogen (secondary N) is 1. The van der Waals surface area contributed by atoms with E-state index in [-0.39, 0.29) is 5.91 Å². The molecule has 1 amide bonds. The lowest BCUT2D eigenvalue weighted by Crippen LogP contribution is -2.50. The molecule has 27 heavy (non-hydrogen) atoms. The molecule has 1 aliphatic rings. The van der Waals surface area contributed by atoms with E-state index in [1.165, 1.54) is 6.07 Å². The van der Waals surface area contributed by atoms with Gasteiger partial charge in [0.05, 0.1) is 18.7 Å². The largest absolute Gasteiger partial charge is 0.451 e. The van der Waals surface area contributed by atoms with E-state index < -0.39 is 11.7 Å². The van der Waals surface area contributed by atoms with Gasteiger partial charge in [-0.2, -0.15) is 13.2 Å². The molecule has 0 bridgehead atoms. The van der Waals surface area contributed by atoms with Crippen LogP contribution in [0, 0.1) is 0 Å². The highest BCUT2D eigenvalue weighted by Crippen LogP contribution is 2.28. The van der Waals surface area contributed by atoms with Gasteiger partial charge in [-0.1, -0.05) is 18.2 Å². The SMILES string of the molecule is O=C(c1cc2ccccc2o1)N1CCN(c2ccc(C(F)(F)F)c[nH+]2)CC1. The molecule has 2 aromatic heterocycles. The average molecular weight is 376 g/mol. The first-order valence-electron chi connectivity index (χ1n) is 8.53. The third-order valence-electron chi connectivity index (χ3n) is 4.67. The molecule has 0 spiro atoms. The van der Waals surface area contributed by atoms with Crippen molar-refractivity contribution in [2.24, 2.45) is 0 Å². The van der Waals surface area contributed by atoms with Gasteiger partial charge in [0, 0.05) is 11.5 Å². The van der Waals surface area contributed by atoms with Crippen molar-refractivity contribution in [2.75, 3.05) is 31.1 Å². The second-order valence-electron chi connectivity index (χ2n) is 6.39. The quantitative estimate of drug-likeness (QED) is 0.690. The molecule has 1 N–H and O–H groups in total. The minimum Gasteiger partial charge on any atom is -0.451 e. The number of H-pyrrole nitrogens is 1. The molecule has 0 saturated carbocycles. The molecule has 0 aliphatic carbocycles. The Labute approximate surface area is 153 Å². The van der Waals surface area contributed by atoms with Crippen molar-refractivity contribution in [2.45, 2.75) is 6.18 Å². The number of aromatic amines is 1. The summed E-state index contributed by atoms with van der Waals surface area (Å²) in [7, 11) is 0. The van der Waals surface area contributed by atoms with Gasteiger partial charge in [0.15, 0.2) is 5.76 Å². The first-order chi connectivity index (χ1) is 12.9. The van der Waals surface area contributed by atoms with Crippen molar-refractivity contribution in [3.05, 3.63) is 60.0 Å². The van der Waals surface area contributed by atoms with Crippen LogP contribution in [-0.4, -0.2) is 37.0 Å². The lowest BCUT2D eigenvalue weighted by molar-refractivity contribution is -0.367. The Morgan fingerprint density at radius 2 is 1.78 bits per heavy atom. The van der Waals surface area contributed by atoms with E-state index in [2.05, 4.69) is 4.98 Å². The van der Waals surface area contributed by atoms with Gasteiger partial charge >= 0.3 is 6.18 Å². The fraction of sp³-hybridized carbons (Fsp3) is 0.263. The highest BCUT2D eigenvalue weighted by Gasteiger charge is 2.33. The Balaban J connectivity index is 1.41. The van der Waals surface area contributed by atoms with Crippen molar-refractivity contribution in [3.8, 4) is 0 Å². The number of amides is 1. The monoisotopic (exact) mass is 376 g/mol. The third kappa shape index (κ3) is 3.47. The number of aromatic nitrogens is 1. The van der Waals surface area contributed by atoms with Crippen LogP contribution in [0.15, 0.2) is 53.1 Å². The Kier molecular flexibility index (Phi) is 4.25. The molecule has 1 aliphatic heterocycles. The summed E-state index contributed by atoms with van der Waals surface area (Å²) in [5.41, 5.74) is -0.0520. The number of halogens is 3. The maximum Gasteiger partial charge on any atom is 0.419 e. The molecule has 3 aromatic rings. The summed E-state index contributed by atoms with van der Waals surface area (Å²) in [4.78, 5) is 19.0. The maximum atomic E-state index is 12.7. The first kappa shape index (κ1) is 17.4. The van der Waals surface area contributed by atoms with Crippen LogP contribution in [0.2, 0.25) is 0 Å². The third-order valence-corrected chi connectivity index (χ3v) is 4.67. The number of fused-ring (bicyclic) bond motifs is 1. The predicted octanol–water partition coefficient (Wildman–Crippen LogP) is 3.23. The molecule has 1 aromatic carbocycles. The van der Waals surface area contributed by atoms with Crippen molar-refractivity contribution in [1.82, 2.24) is 4.90 Å². The number of alkyl halides is 3. The van der Waals surface area contributed by atoms with Crippen molar-refractivity contribution >= 4 is 22.7 Å². The van der Waals surface area contributed by atoms with Crippen molar-refractivity contribution < 1.29 is 27.4 Å². The number of carbonyl (C=O) groups excluding carboxylic acids is 1. The molecule has 0 radical (unpaired) electrons. The number of pyridine rings is 1. The van der Waals surface area contributed by atoms with Gasteiger partial charge in [0.2, 0.25) is 0 Å². The molecule has 0 atom stereocenters. The number of benzene rings is 1. The van der Waals surface area contributed by atoms with Crippen molar-refractivity contribution in [3.63, 3.8) is 0 Å². The van der Waals surface area contributed by atoms with E-state index in [1.807, 2.05) is 29.2 Å². The molecule has 1 fully saturated rings. The molecule has 8 heteroatoms. The maximum absolute atomic E-state index is 12.7. The smallest absolute Gasteiger partial charge is 0.419 e. The fourth-order valence-corrected chi connectivity index (χ4v) is 3.18. The number of anilines is 1. The predicted molar refractivity (Wildman–Crippen MR) is 92.3 cm³/mol. The van der Waals surface area contributed by atoms with Gasteiger partial charge in [-0.05, 0) is 18.2 Å². The van der Waals surface area contributed by atoms with Crippen LogP contribution >= 0.6 is 0 Å². The normalized spacial score (nSPS) is 15.4. The summed E-state index contributed by atoms with van der Waals surface area (Å²) in [5.74, 6) is 0.715. The molecule has 3 heterocycles. The number of carbonyl (C=O) groups is 1. The van der Waals surface area contributed by atoms with Crippen LogP contribution < -0.4 is 9.88 Å². The Bertz CT molecular complexity index is 925. The highest BCUT2D eigenvalue weighted by molar-refractivity contribution is 5.96. The number of furan rings is 1. The second kappa shape index (κ2) is 6.61. The van der Waals surface area contributed by atoms with E-state index in [9.17, 15) is 18.0 Å². The van der Waals surface area contributed by atoms with Gasteiger partial charge in [0.1, 0.15) is 24.9 Å². The van der Waals surface area contributed by atoms with E-state index in [0.717, 1.165) is 17.6 Å². The minimum absolute atomic E-state index is 0.178. The Hall–Kier alpha value is -3.03. The molecule has 1 saturated heterocycles. The van der Waals surface area contributed by atoms with Gasteiger partial charge < -0.3 is 9.32 Å².